The van der Waals surface area contributed by atoms with Gasteiger partial charge in [-0.1, -0.05) is 23.7 Å². The van der Waals surface area contributed by atoms with Gasteiger partial charge in [-0.25, -0.2) is 4.39 Å². The van der Waals surface area contributed by atoms with Gasteiger partial charge in [0.1, 0.15) is 5.82 Å². The summed E-state index contributed by atoms with van der Waals surface area (Å²) in [6.45, 7) is 1.80. The number of nitrogens with zero attached hydrogens (tertiary/aromatic N) is 1. The normalized spacial score (nSPS) is 20.4. The molecule has 2 atom stereocenters. The number of rotatable bonds is 4. The van der Waals surface area contributed by atoms with Crippen LogP contribution in [0, 0.1) is 5.82 Å². The lowest BCUT2D eigenvalue weighted by atomic mass is 9.93. The van der Waals surface area contributed by atoms with E-state index < -0.39 is 17.6 Å². The maximum Gasteiger partial charge on any atom is 0.419 e. The number of anilines is 1. The first-order chi connectivity index (χ1) is 12.7. The Morgan fingerprint density at radius 3 is 2.56 bits per heavy atom. The zero-order chi connectivity index (χ0) is 19.8. The Morgan fingerprint density at radius 1 is 1.19 bits per heavy atom. The van der Waals surface area contributed by atoms with Gasteiger partial charge in [-0.15, -0.1) is 0 Å². The third-order valence-electron chi connectivity index (χ3n) is 4.97. The van der Waals surface area contributed by atoms with Crippen LogP contribution in [0.4, 0.5) is 23.2 Å². The van der Waals surface area contributed by atoms with Crippen LogP contribution in [0.1, 0.15) is 22.6 Å². The molecule has 0 radical (unpaired) electrons. The molecule has 1 saturated heterocycles. The molecule has 27 heavy (non-hydrogen) atoms. The van der Waals surface area contributed by atoms with Crippen LogP contribution in [0.15, 0.2) is 36.4 Å². The zero-order valence-electron chi connectivity index (χ0n) is 14.7. The first-order valence-electron chi connectivity index (χ1n) is 8.48. The molecule has 1 aliphatic heterocycles. The number of hydrogen-bond acceptors (Lipinski definition) is 3. The van der Waals surface area contributed by atoms with Gasteiger partial charge < -0.3 is 11.1 Å². The van der Waals surface area contributed by atoms with Crippen molar-refractivity contribution in [3.05, 3.63) is 63.9 Å². The number of halogens is 5. The van der Waals surface area contributed by atoms with Crippen LogP contribution in [0.25, 0.3) is 0 Å². The number of nitrogen functional groups attached to an aromatic ring is 1. The molecule has 0 spiro atoms. The molecule has 1 heterocycles. The molecule has 1 aliphatic rings. The second-order valence-electron chi connectivity index (χ2n) is 6.84. The summed E-state index contributed by atoms with van der Waals surface area (Å²) in [5.41, 5.74) is 6.69. The summed E-state index contributed by atoms with van der Waals surface area (Å²) in [6, 6.07) is 8.69. The van der Waals surface area contributed by atoms with Crippen LogP contribution in [-0.2, 0) is 12.7 Å². The van der Waals surface area contributed by atoms with Crippen molar-refractivity contribution in [1.29, 1.82) is 0 Å². The molecular formula is C19H20ClF4N3. The third kappa shape index (κ3) is 4.36. The Labute approximate surface area is 160 Å². The molecule has 3 nitrogen and oxygen atoms in total. The number of alkyl halides is 3. The standard InChI is InChI=1S/C19H20ClF4N3/c1-27(10-11-2-4-14(16(21)6-11)19(22,23)24)18-9-26-8-13(18)12-3-5-15(20)17(25)7-12/h2-7,13,18,26H,8-10,25H2,1H3/t13-,18+/m1/s1. The molecule has 3 rings (SSSR count). The maximum absolute atomic E-state index is 13.8. The lowest BCUT2D eigenvalue weighted by Crippen LogP contribution is -2.36. The van der Waals surface area contributed by atoms with Gasteiger partial charge in [-0.3, -0.25) is 4.90 Å². The molecule has 0 bridgehead atoms. The topological polar surface area (TPSA) is 41.3 Å². The average Bonchev–Trinajstić information content (AvgIpc) is 3.06. The predicted octanol–water partition coefficient (Wildman–Crippen LogP) is 4.27. The van der Waals surface area contributed by atoms with Gasteiger partial charge in [0, 0.05) is 31.6 Å². The highest BCUT2D eigenvalue weighted by atomic mass is 35.5. The average molecular weight is 402 g/mol. The Balaban J connectivity index is 1.76. The Kier molecular flexibility index (Phi) is 5.65. The SMILES string of the molecule is CN(Cc1ccc(C(F)(F)F)c(F)c1)[C@H]1CNC[C@@H]1c1ccc(Cl)c(N)c1. The predicted molar refractivity (Wildman–Crippen MR) is 98.1 cm³/mol. The molecule has 1 fully saturated rings. The maximum atomic E-state index is 13.8. The third-order valence-corrected chi connectivity index (χ3v) is 5.31. The van der Waals surface area contributed by atoms with E-state index in [9.17, 15) is 17.6 Å². The van der Waals surface area contributed by atoms with Crippen LogP contribution in [0.5, 0.6) is 0 Å². The van der Waals surface area contributed by atoms with Gasteiger partial charge in [0.25, 0.3) is 0 Å². The first kappa shape index (κ1) is 19.9. The van der Waals surface area contributed by atoms with E-state index in [1.807, 2.05) is 24.1 Å². The van der Waals surface area contributed by atoms with Crippen LogP contribution >= 0.6 is 11.6 Å². The minimum absolute atomic E-state index is 0.0935. The summed E-state index contributed by atoms with van der Waals surface area (Å²) in [5.74, 6) is -1.10. The Bertz CT molecular complexity index is 825. The van der Waals surface area contributed by atoms with E-state index in [1.54, 1.807) is 6.07 Å². The van der Waals surface area contributed by atoms with Crippen molar-refractivity contribution in [1.82, 2.24) is 10.2 Å². The number of hydrogen-bond donors (Lipinski definition) is 2. The second kappa shape index (κ2) is 7.66. The summed E-state index contributed by atoms with van der Waals surface area (Å²) in [6.07, 6.45) is -4.69. The van der Waals surface area contributed by atoms with E-state index in [1.165, 1.54) is 6.07 Å². The fraction of sp³-hybridized carbons (Fsp3) is 0.368. The summed E-state index contributed by atoms with van der Waals surface area (Å²) in [5, 5.41) is 3.82. The van der Waals surface area contributed by atoms with Crippen molar-refractivity contribution in [2.75, 3.05) is 25.9 Å². The molecule has 0 aromatic heterocycles. The lowest BCUT2D eigenvalue weighted by molar-refractivity contribution is -0.140. The molecule has 0 amide bonds. The highest BCUT2D eigenvalue weighted by molar-refractivity contribution is 6.33. The summed E-state index contributed by atoms with van der Waals surface area (Å²) < 4.78 is 52.0. The van der Waals surface area contributed by atoms with Crippen molar-refractivity contribution in [3.8, 4) is 0 Å². The van der Waals surface area contributed by atoms with E-state index >= 15 is 0 Å². The van der Waals surface area contributed by atoms with E-state index in [0.717, 1.165) is 24.2 Å². The van der Waals surface area contributed by atoms with Crippen molar-refractivity contribution in [3.63, 3.8) is 0 Å². The fourth-order valence-corrected chi connectivity index (χ4v) is 3.67. The molecular weight excluding hydrogens is 382 g/mol. The molecule has 0 unspecified atom stereocenters. The number of likely N-dealkylation sites (N-methyl/N-ethyl adjacent to an activating group) is 1. The highest BCUT2D eigenvalue weighted by Gasteiger charge is 2.35. The van der Waals surface area contributed by atoms with Crippen LogP contribution in [0.2, 0.25) is 5.02 Å². The molecule has 2 aromatic carbocycles. The van der Waals surface area contributed by atoms with E-state index in [0.29, 0.717) is 29.4 Å². The van der Waals surface area contributed by atoms with E-state index in [2.05, 4.69) is 5.32 Å². The smallest absolute Gasteiger partial charge is 0.398 e. The number of benzene rings is 2. The van der Waals surface area contributed by atoms with Gasteiger partial charge in [0.2, 0.25) is 0 Å². The van der Waals surface area contributed by atoms with E-state index in [-0.39, 0.29) is 12.0 Å². The van der Waals surface area contributed by atoms with Crippen molar-refractivity contribution >= 4 is 17.3 Å². The largest absolute Gasteiger partial charge is 0.419 e. The first-order valence-corrected chi connectivity index (χ1v) is 8.86. The molecule has 2 aromatic rings. The highest BCUT2D eigenvalue weighted by Crippen LogP contribution is 2.33. The zero-order valence-corrected chi connectivity index (χ0v) is 15.4. The molecule has 146 valence electrons. The van der Waals surface area contributed by atoms with Gasteiger partial charge >= 0.3 is 6.18 Å². The van der Waals surface area contributed by atoms with Crippen molar-refractivity contribution in [2.24, 2.45) is 0 Å². The molecule has 8 heteroatoms. The van der Waals surface area contributed by atoms with Crippen molar-refractivity contribution in [2.45, 2.75) is 24.7 Å². The molecule has 3 N–H and O–H groups in total. The van der Waals surface area contributed by atoms with Crippen LogP contribution < -0.4 is 11.1 Å². The number of nitrogens with one attached hydrogen (secondary N) is 1. The summed E-state index contributed by atoms with van der Waals surface area (Å²) in [4.78, 5) is 2.01. The minimum Gasteiger partial charge on any atom is -0.398 e. The van der Waals surface area contributed by atoms with Gasteiger partial charge in [-0.05, 0) is 42.4 Å². The quantitative estimate of drug-likeness (QED) is 0.594. The summed E-state index contributed by atoms with van der Waals surface area (Å²) >= 11 is 5.99. The van der Waals surface area contributed by atoms with E-state index in [4.69, 9.17) is 17.3 Å². The Morgan fingerprint density at radius 2 is 1.93 bits per heavy atom. The van der Waals surface area contributed by atoms with Crippen LogP contribution in [-0.4, -0.2) is 31.1 Å². The summed E-state index contributed by atoms with van der Waals surface area (Å²) in [7, 11) is 1.87. The van der Waals surface area contributed by atoms with Gasteiger partial charge in [-0.2, -0.15) is 13.2 Å². The second-order valence-corrected chi connectivity index (χ2v) is 7.25. The minimum atomic E-state index is -4.69. The lowest BCUT2D eigenvalue weighted by Gasteiger charge is -2.29. The van der Waals surface area contributed by atoms with Gasteiger partial charge in [0.15, 0.2) is 0 Å². The monoisotopic (exact) mass is 401 g/mol. The Hall–Kier alpha value is -1.83. The molecule has 0 aliphatic carbocycles. The van der Waals surface area contributed by atoms with Gasteiger partial charge in [0.05, 0.1) is 16.3 Å². The molecule has 0 saturated carbocycles. The number of nitrogens with two attached hydrogens (primary N) is 1. The fourth-order valence-electron chi connectivity index (χ4n) is 3.55. The van der Waals surface area contributed by atoms with Crippen LogP contribution in [0.3, 0.4) is 0 Å². The van der Waals surface area contributed by atoms with Crippen molar-refractivity contribution < 1.29 is 17.6 Å².